The second-order valence-corrected chi connectivity index (χ2v) is 6.72. The second kappa shape index (κ2) is 6.11. The zero-order valence-corrected chi connectivity index (χ0v) is 14.6. The quantitative estimate of drug-likeness (QED) is 0.751. The lowest BCUT2D eigenvalue weighted by Crippen LogP contribution is -2.05. The Kier molecular flexibility index (Phi) is 4.38. The number of hydrogen-bond acceptors (Lipinski definition) is 3. The maximum Gasteiger partial charge on any atom is 0.161 e. The standard InChI is InChI=1S/C15H14BrCl2N3/c1-2-19-15-12(16)13(8-3-4-8)20-14(21-15)9-5-10(17)7-11(18)6-9/h5-8H,2-4H2,1H3,(H,19,20,21). The van der Waals surface area contributed by atoms with E-state index in [0.29, 0.717) is 21.8 Å². The molecule has 2 aromatic rings. The molecule has 0 saturated heterocycles. The van der Waals surface area contributed by atoms with Crippen LogP contribution in [0, 0.1) is 0 Å². The highest BCUT2D eigenvalue weighted by Crippen LogP contribution is 2.44. The third-order valence-electron chi connectivity index (χ3n) is 3.31. The van der Waals surface area contributed by atoms with Gasteiger partial charge in [0.25, 0.3) is 0 Å². The third-order valence-corrected chi connectivity index (χ3v) is 4.52. The molecular weight excluding hydrogens is 373 g/mol. The van der Waals surface area contributed by atoms with Gasteiger partial charge in [-0.05, 0) is 53.9 Å². The number of rotatable bonds is 4. The minimum absolute atomic E-state index is 0.521. The summed E-state index contributed by atoms with van der Waals surface area (Å²) in [6.07, 6.45) is 2.36. The Bertz CT molecular complexity index is 667. The lowest BCUT2D eigenvalue weighted by atomic mass is 10.2. The van der Waals surface area contributed by atoms with Crippen molar-refractivity contribution in [2.45, 2.75) is 25.7 Å². The van der Waals surface area contributed by atoms with E-state index in [2.05, 4.69) is 26.2 Å². The number of nitrogens with zero attached hydrogens (tertiary/aromatic N) is 2. The van der Waals surface area contributed by atoms with E-state index in [-0.39, 0.29) is 0 Å². The van der Waals surface area contributed by atoms with E-state index < -0.39 is 0 Å². The van der Waals surface area contributed by atoms with Crippen molar-refractivity contribution >= 4 is 44.9 Å². The van der Waals surface area contributed by atoms with Crippen LogP contribution in [0.4, 0.5) is 5.82 Å². The average molecular weight is 387 g/mol. The molecule has 0 amide bonds. The molecule has 0 spiro atoms. The molecule has 3 rings (SSSR count). The Hall–Kier alpha value is -0.840. The van der Waals surface area contributed by atoms with Crippen LogP contribution in [0.3, 0.4) is 0 Å². The van der Waals surface area contributed by atoms with Gasteiger partial charge in [0.15, 0.2) is 5.82 Å². The predicted octanol–water partition coefficient (Wildman–Crippen LogP) is 5.52. The van der Waals surface area contributed by atoms with Crippen molar-refractivity contribution in [1.82, 2.24) is 9.97 Å². The third kappa shape index (κ3) is 3.33. The molecule has 0 unspecified atom stereocenters. The van der Waals surface area contributed by atoms with Crippen LogP contribution < -0.4 is 5.32 Å². The summed E-state index contributed by atoms with van der Waals surface area (Å²) in [5, 5.41) is 4.44. The first-order valence-electron chi connectivity index (χ1n) is 6.86. The Morgan fingerprint density at radius 3 is 2.43 bits per heavy atom. The molecule has 1 aromatic carbocycles. The van der Waals surface area contributed by atoms with Crippen LogP contribution in [0.1, 0.15) is 31.4 Å². The first kappa shape index (κ1) is 15.1. The smallest absolute Gasteiger partial charge is 0.161 e. The van der Waals surface area contributed by atoms with Crippen molar-refractivity contribution in [3.63, 3.8) is 0 Å². The van der Waals surface area contributed by atoms with Gasteiger partial charge in [0.2, 0.25) is 0 Å². The van der Waals surface area contributed by atoms with Gasteiger partial charge in [-0.1, -0.05) is 23.2 Å². The molecule has 1 aliphatic carbocycles. The fourth-order valence-electron chi connectivity index (χ4n) is 2.19. The summed E-state index contributed by atoms with van der Waals surface area (Å²) in [6.45, 7) is 2.84. The van der Waals surface area contributed by atoms with E-state index >= 15 is 0 Å². The summed E-state index contributed by atoms with van der Waals surface area (Å²) < 4.78 is 0.962. The summed E-state index contributed by atoms with van der Waals surface area (Å²) in [5.41, 5.74) is 1.90. The van der Waals surface area contributed by atoms with E-state index in [9.17, 15) is 0 Å². The van der Waals surface area contributed by atoms with Crippen molar-refractivity contribution < 1.29 is 0 Å². The highest BCUT2D eigenvalue weighted by Gasteiger charge is 2.29. The van der Waals surface area contributed by atoms with Gasteiger partial charge >= 0.3 is 0 Å². The van der Waals surface area contributed by atoms with Gasteiger partial charge in [0.05, 0.1) is 10.2 Å². The number of aromatic nitrogens is 2. The number of anilines is 1. The largest absolute Gasteiger partial charge is 0.369 e. The van der Waals surface area contributed by atoms with Crippen molar-refractivity contribution in [2.75, 3.05) is 11.9 Å². The molecule has 1 N–H and O–H groups in total. The SMILES string of the molecule is CCNc1nc(-c2cc(Cl)cc(Cl)c2)nc(C2CC2)c1Br. The van der Waals surface area contributed by atoms with Gasteiger partial charge in [-0.25, -0.2) is 9.97 Å². The van der Waals surface area contributed by atoms with Crippen LogP contribution in [0.2, 0.25) is 10.0 Å². The van der Waals surface area contributed by atoms with E-state index in [4.69, 9.17) is 28.2 Å². The average Bonchev–Trinajstić information content (AvgIpc) is 3.24. The van der Waals surface area contributed by atoms with Gasteiger partial charge in [0.1, 0.15) is 5.82 Å². The molecule has 1 aromatic heterocycles. The Morgan fingerprint density at radius 1 is 1.19 bits per heavy atom. The molecule has 0 atom stereocenters. The first-order valence-corrected chi connectivity index (χ1v) is 8.41. The van der Waals surface area contributed by atoms with Crippen molar-refractivity contribution in [2.24, 2.45) is 0 Å². The van der Waals surface area contributed by atoms with Gasteiger partial charge in [-0.3, -0.25) is 0 Å². The summed E-state index contributed by atoms with van der Waals surface area (Å²) in [7, 11) is 0. The second-order valence-electron chi connectivity index (χ2n) is 5.06. The molecule has 110 valence electrons. The molecule has 1 heterocycles. The summed E-state index contributed by atoms with van der Waals surface area (Å²) in [5.74, 6) is 1.99. The molecular formula is C15H14BrCl2N3. The molecule has 6 heteroatoms. The Balaban J connectivity index is 2.12. The monoisotopic (exact) mass is 385 g/mol. The summed E-state index contributed by atoms with van der Waals surface area (Å²) >= 11 is 15.8. The maximum atomic E-state index is 6.08. The highest BCUT2D eigenvalue weighted by atomic mass is 79.9. The minimum Gasteiger partial charge on any atom is -0.369 e. The molecule has 1 fully saturated rings. The van der Waals surface area contributed by atoms with Crippen LogP contribution in [0.5, 0.6) is 0 Å². The maximum absolute atomic E-state index is 6.08. The molecule has 3 nitrogen and oxygen atoms in total. The first-order chi connectivity index (χ1) is 10.1. The normalized spacial score (nSPS) is 14.3. The van der Waals surface area contributed by atoms with Crippen LogP contribution in [-0.2, 0) is 0 Å². The van der Waals surface area contributed by atoms with Crippen molar-refractivity contribution in [3.8, 4) is 11.4 Å². The van der Waals surface area contributed by atoms with Crippen LogP contribution in [-0.4, -0.2) is 16.5 Å². The zero-order valence-electron chi connectivity index (χ0n) is 11.5. The molecule has 1 aliphatic rings. The lowest BCUT2D eigenvalue weighted by Gasteiger charge is -2.12. The van der Waals surface area contributed by atoms with Gasteiger partial charge in [0, 0.05) is 28.1 Å². The summed E-state index contributed by atoms with van der Waals surface area (Å²) in [4.78, 5) is 9.31. The fourth-order valence-corrected chi connectivity index (χ4v) is 3.36. The fraction of sp³-hybridized carbons (Fsp3) is 0.333. The van der Waals surface area contributed by atoms with Crippen LogP contribution >= 0.6 is 39.1 Å². The predicted molar refractivity (Wildman–Crippen MR) is 91.3 cm³/mol. The molecule has 0 aliphatic heterocycles. The van der Waals surface area contributed by atoms with Gasteiger partial charge in [-0.2, -0.15) is 0 Å². The van der Waals surface area contributed by atoms with E-state index in [1.165, 1.54) is 12.8 Å². The zero-order chi connectivity index (χ0) is 15.0. The number of nitrogens with one attached hydrogen (secondary N) is 1. The topological polar surface area (TPSA) is 37.8 Å². The van der Waals surface area contributed by atoms with Crippen LogP contribution in [0.25, 0.3) is 11.4 Å². The van der Waals surface area contributed by atoms with Gasteiger partial charge < -0.3 is 5.32 Å². The minimum atomic E-state index is 0.521. The number of benzene rings is 1. The van der Waals surface area contributed by atoms with Crippen LogP contribution in [0.15, 0.2) is 22.7 Å². The molecule has 1 saturated carbocycles. The van der Waals surface area contributed by atoms with E-state index in [1.54, 1.807) is 6.07 Å². The van der Waals surface area contributed by atoms with Crippen molar-refractivity contribution in [1.29, 1.82) is 0 Å². The molecule has 21 heavy (non-hydrogen) atoms. The molecule has 0 bridgehead atoms. The summed E-state index contributed by atoms with van der Waals surface area (Å²) in [6, 6.07) is 5.38. The number of hydrogen-bond donors (Lipinski definition) is 1. The lowest BCUT2D eigenvalue weighted by molar-refractivity contribution is 0.974. The Labute approximate surface area is 142 Å². The van der Waals surface area contributed by atoms with Gasteiger partial charge in [-0.15, -0.1) is 0 Å². The van der Waals surface area contributed by atoms with E-state index in [0.717, 1.165) is 28.1 Å². The highest BCUT2D eigenvalue weighted by molar-refractivity contribution is 9.10. The van der Waals surface area contributed by atoms with E-state index in [1.807, 2.05) is 19.1 Å². The van der Waals surface area contributed by atoms with Crippen molar-refractivity contribution in [3.05, 3.63) is 38.4 Å². The number of halogens is 3. The Morgan fingerprint density at radius 2 is 1.86 bits per heavy atom. The molecule has 0 radical (unpaired) electrons.